The van der Waals surface area contributed by atoms with Crippen molar-refractivity contribution in [2.75, 3.05) is 37.8 Å². The monoisotopic (exact) mass is 286 g/mol. The Labute approximate surface area is 118 Å². The van der Waals surface area contributed by atoms with Crippen molar-refractivity contribution in [3.63, 3.8) is 0 Å². The molecule has 1 aromatic rings. The average Bonchev–Trinajstić information content (AvgIpc) is 2.39. The van der Waals surface area contributed by atoms with E-state index in [2.05, 4.69) is 20.2 Å². The largest absolute Gasteiger partial charge is 0.356 e. The molecule has 4 nitrogen and oxygen atoms in total. The number of rotatable bonds is 5. The Balaban J connectivity index is 2.21. The molecule has 0 amide bonds. The molecule has 0 atom stereocenters. The zero-order chi connectivity index (χ0) is 13.0. The van der Waals surface area contributed by atoms with Crippen LogP contribution >= 0.6 is 23.4 Å². The fourth-order valence-corrected chi connectivity index (χ4v) is 2.88. The maximum atomic E-state index is 6.25. The number of anilines is 1. The molecular formula is C12H19ClN4S. The second kappa shape index (κ2) is 6.59. The highest BCUT2D eigenvalue weighted by Gasteiger charge is 2.22. The summed E-state index contributed by atoms with van der Waals surface area (Å²) in [5.74, 6) is 1.04. The first-order valence-corrected chi connectivity index (χ1v) is 7.86. The zero-order valence-electron chi connectivity index (χ0n) is 10.9. The minimum Gasteiger partial charge on any atom is -0.356 e. The Kier molecular flexibility index (Phi) is 5.09. The Morgan fingerprint density at radius 1 is 1.44 bits per heavy atom. The van der Waals surface area contributed by atoms with Gasteiger partial charge in [-0.05, 0) is 39.1 Å². The van der Waals surface area contributed by atoms with Crippen LogP contribution in [-0.4, -0.2) is 42.9 Å². The SMILES string of the molecule is CNCCCN1CCCc2c(Cl)nc(SC)nc21. The lowest BCUT2D eigenvalue weighted by Gasteiger charge is -2.30. The van der Waals surface area contributed by atoms with Crippen LogP contribution in [0.1, 0.15) is 18.4 Å². The van der Waals surface area contributed by atoms with E-state index in [0.717, 1.165) is 55.4 Å². The molecule has 0 unspecified atom stereocenters. The summed E-state index contributed by atoms with van der Waals surface area (Å²) in [7, 11) is 1.98. The van der Waals surface area contributed by atoms with Crippen LogP contribution in [0.4, 0.5) is 5.82 Å². The number of thioether (sulfide) groups is 1. The van der Waals surface area contributed by atoms with Crippen LogP contribution in [0.15, 0.2) is 5.16 Å². The van der Waals surface area contributed by atoms with Crippen molar-refractivity contribution in [3.05, 3.63) is 10.7 Å². The average molecular weight is 287 g/mol. The molecule has 1 N–H and O–H groups in total. The van der Waals surface area contributed by atoms with E-state index < -0.39 is 0 Å². The van der Waals surface area contributed by atoms with Crippen LogP contribution in [0.2, 0.25) is 5.15 Å². The second-order valence-corrected chi connectivity index (χ2v) is 5.48. The Morgan fingerprint density at radius 2 is 2.28 bits per heavy atom. The van der Waals surface area contributed by atoms with Crippen molar-refractivity contribution in [1.29, 1.82) is 0 Å². The molecule has 0 radical (unpaired) electrons. The van der Waals surface area contributed by atoms with Gasteiger partial charge in [-0.2, -0.15) is 0 Å². The van der Waals surface area contributed by atoms with E-state index in [1.807, 2.05) is 13.3 Å². The predicted molar refractivity (Wildman–Crippen MR) is 77.9 cm³/mol. The maximum absolute atomic E-state index is 6.25. The fourth-order valence-electron chi connectivity index (χ4n) is 2.21. The van der Waals surface area contributed by atoms with Crippen molar-refractivity contribution in [2.45, 2.75) is 24.4 Å². The van der Waals surface area contributed by atoms with Crippen LogP contribution in [0.3, 0.4) is 0 Å². The molecule has 0 fully saturated rings. The molecule has 0 aromatic carbocycles. The van der Waals surface area contributed by atoms with Gasteiger partial charge in [0.1, 0.15) is 11.0 Å². The summed E-state index contributed by atoms with van der Waals surface area (Å²) in [5.41, 5.74) is 1.12. The molecule has 0 saturated heterocycles. The molecule has 1 aromatic heterocycles. The van der Waals surface area contributed by atoms with Gasteiger partial charge in [0.05, 0.1) is 0 Å². The topological polar surface area (TPSA) is 41.0 Å². The summed E-state index contributed by atoms with van der Waals surface area (Å²) in [6.07, 6.45) is 5.22. The van der Waals surface area contributed by atoms with Gasteiger partial charge in [-0.1, -0.05) is 23.4 Å². The molecule has 2 rings (SSSR count). The molecule has 0 saturated carbocycles. The van der Waals surface area contributed by atoms with E-state index in [1.54, 1.807) is 11.8 Å². The minimum absolute atomic E-state index is 0.627. The number of aromatic nitrogens is 2. The summed E-state index contributed by atoms with van der Waals surface area (Å²) in [5, 5.41) is 4.57. The Hall–Kier alpha value is -0.520. The molecule has 6 heteroatoms. The number of nitrogens with zero attached hydrogens (tertiary/aromatic N) is 3. The molecule has 18 heavy (non-hydrogen) atoms. The first kappa shape index (κ1) is 13.9. The van der Waals surface area contributed by atoms with Gasteiger partial charge in [0.2, 0.25) is 0 Å². The molecule has 2 heterocycles. The van der Waals surface area contributed by atoms with Crippen LogP contribution in [-0.2, 0) is 6.42 Å². The van der Waals surface area contributed by atoms with Gasteiger partial charge in [0.15, 0.2) is 5.16 Å². The van der Waals surface area contributed by atoms with Crippen molar-refractivity contribution in [3.8, 4) is 0 Å². The van der Waals surface area contributed by atoms with Crippen LogP contribution in [0, 0.1) is 0 Å². The third-order valence-corrected chi connectivity index (χ3v) is 3.97. The van der Waals surface area contributed by atoms with E-state index in [4.69, 9.17) is 11.6 Å². The number of hydrogen-bond acceptors (Lipinski definition) is 5. The van der Waals surface area contributed by atoms with Gasteiger partial charge in [0, 0.05) is 18.7 Å². The third-order valence-electron chi connectivity index (χ3n) is 3.11. The molecule has 0 spiro atoms. The lowest BCUT2D eigenvalue weighted by Crippen LogP contribution is -2.33. The highest BCUT2D eigenvalue weighted by Crippen LogP contribution is 2.31. The summed E-state index contributed by atoms with van der Waals surface area (Å²) in [4.78, 5) is 11.3. The Morgan fingerprint density at radius 3 is 3.00 bits per heavy atom. The van der Waals surface area contributed by atoms with Crippen molar-refractivity contribution in [1.82, 2.24) is 15.3 Å². The number of hydrogen-bond donors (Lipinski definition) is 1. The first-order valence-electron chi connectivity index (χ1n) is 6.26. The summed E-state index contributed by atoms with van der Waals surface area (Å²) < 4.78 is 0. The molecule has 0 aliphatic carbocycles. The highest BCUT2D eigenvalue weighted by atomic mass is 35.5. The maximum Gasteiger partial charge on any atom is 0.190 e. The van der Waals surface area contributed by atoms with E-state index in [1.165, 1.54) is 0 Å². The molecule has 0 bridgehead atoms. The lowest BCUT2D eigenvalue weighted by molar-refractivity contribution is 0.628. The predicted octanol–water partition coefficient (Wildman–Crippen LogP) is 2.21. The van der Waals surface area contributed by atoms with E-state index in [0.29, 0.717) is 5.15 Å². The normalized spacial score (nSPS) is 14.7. The quantitative estimate of drug-likeness (QED) is 0.389. The van der Waals surface area contributed by atoms with Gasteiger partial charge in [-0.25, -0.2) is 9.97 Å². The molecular weight excluding hydrogens is 268 g/mol. The van der Waals surface area contributed by atoms with Crippen LogP contribution in [0.5, 0.6) is 0 Å². The van der Waals surface area contributed by atoms with Gasteiger partial charge in [-0.15, -0.1) is 0 Å². The van der Waals surface area contributed by atoms with Crippen LogP contribution in [0.25, 0.3) is 0 Å². The summed E-state index contributed by atoms with van der Waals surface area (Å²) >= 11 is 7.79. The second-order valence-electron chi connectivity index (χ2n) is 4.35. The van der Waals surface area contributed by atoms with Crippen molar-refractivity contribution < 1.29 is 0 Å². The molecule has 100 valence electrons. The van der Waals surface area contributed by atoms with E-state index in [9.17, 15) is 0 Å². The fraction of sp³-hybridized carbons (Fsp3) is 0.667. The van der Waals surface area contributed by atoms with Crippen LogP contribution < -0.4 is 10.2 Å². The smallest absolute Gasteiger partial charge is 0.190 e. The van der Waals surface area contributed by atoms with Gasteiger partial charge < -0.3 is 10.2 Å². The lowest BCUT2D eigenvalue weighted by atomic mass is 10.1. The van der Waals surface area contributed by atoms with Gasteiger partial charge in [0.25, 0.3) is 0 Å². The number of halogens is 1. The zero-order valence-corrected chi connectivity index (χ0v) is 12.4. The van der Waals surface area contributed by atoms with Crippen molar-refractivity contribution in [2.24, 2.45) is 0 Å². The Bertz CT molecular complexity index is 413. The minimum atomic E-state index is 0.627. The van der Waals surface area contributed by atoms with Gasteiger partial charge >= 0.3 is 0 Å². The summed E-state index contributed by atoms with van der Waals surface area (Å²) in [6, 6.07) is 0. The third kappa shape index (κ3) is 3.08. The van der Waals surface area contributed by atoms with Crippen molar-refractivity contribution >= 4 is 29.2 Å². The van der Waals surface area contributed by atoms with Gasteiger partial charge in [-0.3, -0.25) is 0 Å². The summed E-state index contributed by atoms with van der Waals surface area (Å²) in [6.45, 7) is 3.12. The number of fused-ring (bicyclic) bond motifs is 1. The van der Waals surface area contributed by atoms with E-state index >= 15 is 0 Å². The number of nitrogens with one attached hydrogen (secondary N) is 1. The van der Waals surface area contributed by atoms with E-state index in [-0.39, 0.29) is 0 Å². The standard InChI is InChI=1S/C12H19ClN4S/c1-14-6-4-8-17-7-3-5-9-10(13)15-12(18-2)16-11(9)17/h14H,3-8H2,1-2H3. The first-order chi connectivity index (χ1) is 8.76. The molecule has 1 aliphatic heterocycles. The molecule has 1 aliphatic rings. The highest BCUT2D eigenvalue weighted by molar-refractivity contribution is 7.98.